The van der Waals surface area contributed by atoms with Crippen LogP contribution in [0.1, 0.15) is 29.7 Å². The molecule has 0 radical (unpaired) electrons. The number of halogens is 3. The summed E-state index contributed by atoms with van der Waals surface area (Å²) in [7, 11) is 0. The zero-order valence-corrected chi connectivity index (χ0v) is 13.7. The van der Waals surface area contributed by atoms with Gasteiger partial charge < -0.3 is 5.32 Å². The largest absolute Gasteiger partial charge is 0.310 e. The molecular formula is C17H18BrF2N. The Hall–Kier alpha value is -1.26. The van der Waals surface area contributed by atoms with Gasteiger partial charge in [0, 0.05) is 16.1 Å². The highest BCUT2D eigenvalue weighted by Crippen LogP contribution is 2.25. The van der Waals surface area contributed by atoms with Crippen molar-refractivity contribution in [3.8, 4) is 0 Å². The summed E-state index contributed by atoms with van der Waals surface area (Å²) in [6.07, 6.45) is 0.410. The highest BCUT2D eigenvalue weighted by Gasteiger charge is 2.18. The van der Waals surface area contributed by atoms with Crippen molar-refractivity contribution in [1.29, 1.82) is 0 Å². The molecular weight excluding hydrogens is 336 g/mol. The Morgan fingerprint density at radius 2 is 1.95 bits per heavy atom. The fourth-order valence-corrected chi connectivity index (χ4v) is 2.72. The molecule has 0 amide bonds. The lowest BCUT2D eigenvalue weighted by molar-refractivity contribution is 0.496. The normalized spacial score (nSPS) is 12.4. The van der Waals surface area contributed by atoms with Gasteiger partial charge in [0.1, 0.15) is 11.6 Å². The number of rotatable bonds is 5. The van der Waals surface area contributed by atoms with Crippen molar-refractivity contribution >= 4 is 15.9 Å². The van der Waals surface area contributed by atoms with Gasteiger partial charge >= 0.3 is 0 Å². The summed E-state index contributed by atoms with van der Waals surface area (Å²) in [5.74, 6) is -0.499. The van der Waals surface area contributed by atoms with Gasteiger partial charge in [-0.1, -0.05) is 47.1 Å². The highest BCUT2D eigenvalue weighted by atomic mass is 79.9. The third-order valence-electron chi connectivity index (χ3n) is 3.49. The molecule has 0 bridgehead atoms. The maximum atomic E-state index is 14.3. The molecule has 0 heterocycles. The number of benzene rings is 2. The van der Waals surface area contributed by atoms with E-state index in [-0.39, 0.29) is 17.7 Å². The molecule has 0 saturated heterocycles. The Morgan fingerprint density at radius 1 is 1.19 bits per heavy atom. The molecule has 0 fully saturated rings. The molecule has 0 aliphatic heterocycles. The first kappa shape index (κ1) is 16.1. The van der Waals surface area contributed by atoms with Crippen LogP contribution in [0.5, 0.6) is 0 Å². The van der Waals surface area contributed by atoms with Crippen molar-refractivity contribution in [2.24, 2.45) is 0 Å². The van der Waals surface area contributed by atoms with Gasteiger partial charge in [-0.25, -0.2) is 8.78 Å². The van der Waals surface area contributed by atoms with Crippen molar-refractivity contribution in [3.63, 3.8) is 0 Å². The van der Waals surface area contributed by atoms with Gasteiger partial charge in [0.15, 0.2) is 0 Å². The van der Waals surface area contributed by atoms with Gasteiger partial charge in [-0.05, 0) is 43.1 Å². The average molecular weight is 354 g/mol. The average Bonchev–Trinajstić information content (AvgIpc) is 2.44. The minimum Gasteiger partial charge on any atom is -0.310 e. The predicted molar refractivity (Wildman–Crippen MR) is 85.4 cm³/mol. The zero-order chi connectivity index (χ0) is 15.4. The summed E-state index contributed by atoms with van der Waals surface area (Å²) in [4.78, 5) is 0. The first-order valence-electron chi connectivity index (χ1n) is 6.95. The Balaban J connectivity index is 2.33. The lowest BCUT2D eigenvalue weighted by atomic mass is 9.96. The maximum Gasteiger partial charge on any atom is 0.130 e. The van der Waals surface area contributed by atoms with Crippen molar-refractivity contribution < 1.29 is 8.78 Å². The van der Waals surface area contributed by atoms with E-state index in [2.05, 4.69) is 21.2 Å². The molecule has 1 nitrogen and oxygen atoms in total. The number of likely N-dealkylation sites (N-methyl/N-ethyl adjacent to an activating group) is 1. The minimum absolute atomic E-state index is 0.221. The Bertz CT molecular complexity index is 628. The van der Waals surface area contributed by atoms with E-state index < -0.39 is 0 Å². The van der Waals surface area contributed by atoms with Crippen LogP contribution in [0, 0.1) is 18.6 Å². The Morgan fingerprint density at radius 3 is 2.62 bits per heavy atom. The Labute approximate surface area is 132 Å². The number of hydrogen-bond acceptors (Lipinski definition) is 1. The first-order valence-corrected chi connectivity index (χ1v) is 7.74. The van der Waals surface area contributed by atoms with Crippen molar-refractivity contribution in [1.82, 2.24) is 5.32 Å². The van der Waals surface area contributed by atoms with Crippen LogP contribution in [0.15, 0.2) is 40.9 Å². The molecule has 2 rings (SSSR count). The molecule has 112 valence electrons. The fourth-order valence-electron chi connectivity index (χ4n) is 2.38. The van der Waals surface area contributed by atoms with Gasteiger partial charge in [-0.3, -0.25) is 0 Å². The second-order valence-electron chi connectivity index (χ2n) is 5.03. The summed E-state index contributed by atoms with van der Waals surface area (Å²) >= 11 is 3.24. The van der Waals surface area contributed by atoms with E-state index in [1.807, 2.05) is 13.0 Å². The van der Waals surface area contributed by atoms with E-state index in [4.69, 9.17) is 0 Å². The SMILES string of the molecule is CCNC(Cc1ccc(Br)cc1F)c1cccc(C)c1F. The molecule has 0 spiro atoms. The molecule has 1 unspecified atom stereocenters. The number of hydrogen-bond donors (Lipinski definition) is 1. The van der Waals surface area contributed by atoms with Crippen LogP contribution in [-0.4, -0.2) is 6.54 Å². The van der Waals surface area contributed by atoms with Crippen LogP contribution < -0.4 is 5.32 Å². The predicted octanol–water partition coefficient (Wildman–Crippen LogP) is 4.93. The smallest absolute Gasteiger partial charge is 0.130 e. The monoisotopic (exact) mass is 353 g/mol. The second-order valence-corrected chi connectivity index (χ2v) is 5.94. The molecule has 0 aromatic heterocycles. The van der Waals surface area contributed by atoms with Crippen molar-refractivity contribution in [2.75, 3.05) is 6.54 Å². The lowest BCUT2D eigenvalue weighted by Gasteiger charge is -2.20. The summed E-state index contributed by atoms with van der Waals surface area (Å²) in [5.41, 5.74) is 1.76. The quantitative estimate of drug-likeness (QED) is 0.803. The van der Waals surface area contributed by atoms with Crippen molar-refractivity contribution in [2.45, 2.75) is 26.3 Å². The molecule has 2 aromatic carbocycles. The molecule has 21 heavy (non-hydrogen) atoms. The molecule has 0 aliphatic rings. The van der Waals surface area contributed by atoms with E-state index >= 15 is 0 Å². The maximum absolute atomic E-state index is 14.3. The van der Waals surface area contributed by atoms with Gasteiger partial charge in [0.2, 0.25) is 0 Å². The van der Waals surface area contributed by atoms with Gasteiger partial charge in [-0.2, -0.15) is 0 Å². The summed E-state index contributed by atoms with van der Waals surface area (Å²) < 4.78 is 29.0. The first-order chi connectivity index (χ1) is 10.0. The lowest BCUT2D eigenvalue weighted by Crippen LogP contribution is -2.24. The van der Waals surface area contributed by atoms with Gasteiger partial charge in [0.05, 0.1) is 0 Å². The number of aryl methyl sites for hydroxylation is 1. The third-order valence-corrected chi connectivity index (χ3v) is 3.98. The molecule has 1 atom stereocenters. The topological polar surface area (TPSA) is 12.0 Å². The molecule has 1 N–H and O–H groups in total. The molecule has 4 heteroatoms. The van der Waals surface area contributed by atoms with E-state index in [9.17, 15) is 8.78 Å². The van der Waals surface area contributed by atoms with Crippen LogP contribution in [0.4, 0.5) is 8.78 Å². The van der Waals surface area contributed by atoms with E-state index in [0.29, 0.717) is 34.1 Å². The Kier molecular flexibility index (Phi) is 5.48. The van der Waals surface area contributed by atoms with E-state index in [1.165, 1.54) is 6.07 Å². The summed E-state index contributed by atoms with van der Waals surface area (Å²) in [6.45, 7) is 4.39. The van der Waals surface area contributed by atoms with Crippen LogP contribution in [0.2, 0.25) is 0 Å². The van der Waals surface area contributed by atoms with E-state index in [0.717, 1.165) is 0 Å². The minimum atomic E-state index is -0.277. The summed E-state index contributed by atoms with van der Waals surface area (Å²) in [5, 5.41) is 3.24. The standard InChI is InChI=1S/C17H18BrF2N/c1-3-21-16(14-6-4-5-11(2)17(14)20)9-12-7-8-13(18)10-15(12)19/h4-8,10,16,21H,3,9H2,1-2H3. The van der Waals surface area contributed by atoms with Crippen molar-refractivity contribution in [3.05, 3.63) is 69.2 Å². The van der Waals surface area contributed by atoms with Gasteiger partial charge in [0.25, 0.3) is 0 Å². The molecule has 0 saturated carbocycles. The highest BCUT2D eigenvalue weighted by molar-refractivity contribution is 9.10. The van der Waals surface area contributed by atoms with Crippen LogP contribution in [0.25, 0.3) is 0 Å². The van der Waals surface area contributed by atoms with Crippen LogP contribution in [-0.2, 0) is 6.42 Å². The molecule has 0 aliphatic carbocycles. The van der Waals surface area contributed by atoms with Crippen LogP contribution in [0.3, 0.4) is 0 Å². The van der Waals surface area contributed by atoms with Gasteiger partial charge in [-0.15, -0.1) is 0 Å². The zero-order valence-electron chi connectivity index (χ0n) is 12.1. The fraction of sp³-hybridized carbons (Fsp3) is 0.294. The van der Waals surface area contributed by atoms with Crippen LogP contribution >= 0.6 is 15.9 Å². The van der Waals surface area contributed by atoms with E-state index in [1.54, 1.807) is 31.2 Å². The number of nitrogens with one attached hydrogen (secondary N) is 1. The molecule has 2 aromatic rings. The second kappa shape index (κ2) is 7.14. The third kappa shape index (κ3) is 3.89. The summed E-state index contributed by atoms with van der Waals surface area (Å²) in [6, 6.07) is 10.0.